The number of hydrogen-bond donors (Lipinski definition) is 3. The Morgan fingerprint density at radius 2 is 1.97 bits per heavy atom. The monoisotopic (exact) mass is 402 g/mol. The van der Waals surface area contributed by atoms with Gasteiger partial charge in [0.05, 0.1) is 11.9 Å². The van der Waals surface area contributed by atoms with Gasteiger partial charge < -0.3 is 10.6 Å². The molecule has 0 aliphatic rings. The molecule has 2 aromatic carbocycles. The molecule has 3 N–H and O–H groups in total. The Labute approximate surface area is 173 Å². The fourth-order valence-electron chi connectivity index (χ4n) is 3.16. The number of benzene rings is 2. The molecule has 2 heterocycles. The van der Waals surface area contributed by atoms with Crippen LogP contribution in [0.25, 0.3) is 16.7 Å². The molecule has 8 heteroatoms. The molecule has 0 aliphatic carbocycles. The zero-order valence-electron chi connectivity index (χ0n) is 16.6. The van der Waals surface area contributed by atoms with Crippen molar-refractivity contribution < 1.29 is 4.79 Å². The number of H-pyrrole nitrogens is 1. The van der Waals surface area contributed by atoms with Gasteiger partial charge in [0.2, 0.25) is 11.9 Å². The Morgan fingerprint density at radius 1 is 1.13 bits per heavy atom. The largest absolute Gasteiger partial charge is 0.352 e. The zero-order chi connectivity index (χ0) is 20.9. The number of carbonyl (C=O) groups is 1. The number of aromatic nitrogens is 4. The normalized spacial score (nSPS) is 10.8. The summed E-state index contributed by atoms with van der Waals surface area (Å²) in [7, 11) is 0. The predicted octanol–water partition coefficient (Wildman–Crippen LogP) is 3.46. The lowest BCUT2D eigenvalue weighted by atomic mass is 10.2. The van der Waals surface area contributed by atoms with Gasteiger partial charge in [0.1, 0.15) is 5.39 Å². The van der Waals surface area contributed by atoms with Gasteiger partial charge in [-0.05, 0) is 36.2 Å². The van der Waals surface area contributed by atoms with Gasteiger partial charge in [-0.3, -0.25) is 14.6 Å². The average Bonchev–Trinajstić information content (AvgIpc) is 3.18. The van der Waals surface area contributed by atoms with Crippen molar-refractivity contribution in [3.8, 4) is 5.69 Å². The van der Waals surface area contributed by atoms with Crippen LogP contribution in [-0.4, -0.2) is 25.7 Å². The lowest BCUT2D eigenvalue weighted by Crippen LogP contribution is -2.14. The van der Waals surface area contributed by atoms with Gasteiger partial charge in [0.15, 0.2) is 5.65 Å². The minimum atomic E-state index is -0.259. The molecule has 0 aliphatic heterocycles. The molecular formula is C22H22N6O2. The van der Waals surface area contributed by atoms with E-state index in [1.54, 1.807) is 4.68 Å². The van der Waals surface area contributed by atoms with Crippen molar-refractivity contribution in [2.75, 3.05) is 10.6 Å². The number of carbonyl (C=O) groups excluding carboxylic acids is 1. The van der Waals surface area contributed by atoms with Gasteiger partial charge in [-0.25, -0.2) is 4.68 Å². The van der Waals surface area contributed by atoms with Crippen molar-refractivity contribution in [2.45, 2.75) is 26.3 Å². The second kappa shape index (κ2) is 8.60. The van der Waals surface area contributed by atoms with Gasteiger partial charge in [0, 0.05) is 18.7 Å². The molecule has 0 saturated carbocycles. The summed E-state index contributed by atoms with van der Waals surface area (Å²) in [5, 5.41) is 10.8. The smallest absolute Gasteiger partial charge is 0.263 e. The number of nitrogens with one attached hydrogen (secondary N) is 3. The maximum Gasteiger partial charge on any atom is 0.263 e. The van der Waals surface area contributed by atoms with Crippen LogP contribution in [0.3, 0.4) is 0 Å². The number of amides is 1. The molecule has 2 aromatic heterocycles. The Bertz CT molecular complexity index is 1230. The Kier molecular flexibility index (Phi) is 5.56. The first-order valence-electron chi connectivity index (χ1n) is 9.80. The van der Waals surface area contributed by atoms with Crippen LogP contribution in [0.15, 0.2) is 65.6 Å². The van der Waals surface area contributed by atoms with E-state index in [1.165, 1.54) is 6.20 Å². The average molecular weight is 402 g/mol. The highest BCUT2D eigenvalue weighted by molar-refractivity contribution is 5.90. The first-order valence-corrected chi connectivity index (χ1v) is 9.80. The Hall–Kier alpha value is -3.94. The molecule has 4 aromatic rings. The fraction of sp³-hybridized carbons (Fsp3) is 0.182. The standard InChI is InChI=1S/C22H22N6O2/c1-2-7-19(29)25-16-9-6-8-15(12-16)13-23-22-26-20-18(21(30)27-22)14-24-28(20)17-10-4-3-5-11-17/h3-6,8-12,14H,2,7,13H2,1H3,(H,25,29)(H2,23,26,27,30). The van der Waals surface area contributed by atoms with E-state index in [9.17, 15) is 9.59 Å². The summed E-state index contributed by atoms with van der Waals surface area (Å²) < 4.78 is 1.64. The first kappa shape index (κ1) is 19.4. The molecule has 152 valence electrons. The second-order valence-corrected chi connectivity index (χ2v) is 6.90. The van der Waals surface area contributed by atoms with E-state index in [1.807, 2.05) is 61.5 Å². The van der Waals surface area contributed by atoms with E-state index in [4.69, 9.17) is 0 Å². The third-order valence-electron chi connectivity index (χ3n) is 4.59. The molecule has 0 unspecified atom stereocenters. The van der Waals surface area contributed by atoms with Crippen LogP contribution in [0.1, 0.15) is 25.3 Å². The summed E-state index contributed by atoms with van der Waals surface area (Å²) in [5.74, 6) is 0.346. The van der Waals surface area contributed by atoms with Crippen molar-refractivity contribution in [2.24, 2.45) is 0 Å². The van der Waals surface area contributed by atoms with E-state index in [-0.39, 0.29) is 11.5 Å². The third-order valence-corrected chi connectivity index (χ3v) is 4.59. The number of aromatic amines is 1. The molecular weight excluding hydrogens is 380 g/mol. The topological polar surface area (TPSA) is 105 Å². The number of para-hydroxylation sites is 1. The molecule has 4 rings (SSSR count). The summed E-state index contributed by atoms with van der Waals surface area (Å²) in [5.41, 5.74) is 2.74. The summed E-state index contributed by atoms with van der Waals surface area (Å²) >= 11 is 0. The first-order chi connectivity index (χ1) is 14.6. The zero-order valence-corrected chi connectivity index (χ0v) is 16.6. The summed E-state index contributed by atoms with van der Waals surface area (Å²) in [6.45, 7) is 2.40. The number of fused-ring (bicyclic) bond motifs is 1. The Morgan fingerprint density at radius 3 is 2.77 bits per heavy atom. The Balaban J connectivity index is 1.55. The fourth-order valence-corrected chi connectivity index (χ4v) is 3.16. The van der Waals surface area contributed by atoms with E-state index in [0.717, 1.165) is 23.4 Å². The van der Waals surface area contributed by atoms with Gasteiger partial charge >= 0.3 is 0 Å². The maximum absolute atomic E-state index is 12.5. The van der Waals surface area contributed by atoms with E-state index < -0.39 is 0 Å². The van der Waals surface area contributed by atoms with Gasteiger partial charge in [-0.15, -0.1) is 0 Å². The molecule has 0 saturated heterocycles. The quantitative estimate of drug-likeness (QED) is 0.439. The van der Waals surface area contributed by atoms with Crippen LogP contribution in [-0.2, 0) is 11.3 Å². The number of hydrogen-bond acceptors (Lipinski definition) is 5. The molecule has 0 fully saturated rings. The van der Waals surface area contributed by atoms with Crippen LogP contribution in [0.5, 0.6) is 0 Å². The van der Waals surface area contributed by atoms with Crippen molar-refractivity contribution in [3.05, 3.63) is 76.7 Å². The molecule has 8 nitrogen and oxygen atoms in total. The van der Waals surface area contributed by atoms with Crippen molar-refractivity contribution in [1.82, 2.24) is 19.7 Å². The van der Waals surface area contributed by atoms with Crippen LogP contribution in [0, 0.1) is 0 Å². The van der Waals surface area contributed by atoms with Gasteiger partial charge in [-0.1, -0.05) is 37.3 Å². The second-order valence-electron chi connectivity index (χ2n) is 6.90. The summed E-state index contributed by atoms with van der Waals surface area (Å²) in [4.78, 5) is 31.6. The maximum atomic E-state index is 12.5. The minimum Gasteiger partial charge on any atom is -0.352 e. The van der Waals surface area contributed by atoms with Crippen LogP contribution >= 0.6 is 0 Å². The van der Waals surface area contributed by atoms with E-state index in [2.05, 4.69) is 25.7 Å². The molecule has 0 atom stereocenters. The highest BCUT2D eigenvalue weighted by Gasteiger charge is 2.11. The van der Waals surface area contributed by atoms with Crippen LogP contribution in [0.2, 0.25) is 0 Å². The SMILES string of the molecule is CCCC(=O)Nc1cccc(CNc2nc3c(cnn3-c3ccccc3)c(=O)[nH]2)c1. The summed E-state index contributed by atoms with van der Waals surface area (Å²) in [6.07, 6.45) is 2.80. The third kappa shape index (κ3) is 4.22. The molecule has 30 heavy (non-hydrogen) atoms. The number of rotatable bonds is 7. The minimum absolute atomic E-state index is 0.00627. The van der Waals surface area contributed by atoms with Crippen molar-refractivity contribution in [3.63, 3.8) is 0 Å². The highest BCUT2D eigenvalue weighted by Crippen LogP contribution is 2.16. The molecule has 1 amide bonds. The molecule has 0 radical (unpaired) electrons. The van der Waals surface area contributed by atoms with E-state index in [0.29, 0.717) is 29.9 Å². The van der Waals surface area contributed by atoms with Crippen molar-refractivity contribution in [1.29, 1.82) is 0 Å². The van der Waals surface area contributed by atoms with E-state index >= 15 is 0 Å². The van der Waals surface area contributed by atoms with Gasteiger partial charge in [0.25, 0.3) is 5.56 Å². The molecule has 0 bridgehead atoms. The summed E-state index contributed by atoms with van der Waals surface area (Å²) in [6, 6.07) is 17.1. The van der Waals surface area contributed by atoms with Crippen LogP contribution in [0.4, 0.5) is 11.6 Å². The van der Waals surface area contributed by atoms with Crippen LogP contribution < -0.4 is 16.2 Å². The number of anilines is 2. The lowest BCUT2D eigenvalue weighted by Gasteiger charge is -2.09. The van der Waals surface area contributed by atoms with Gasteiger partial charge in [-0.2, -0.15) is 10.1 Å². The van der Waals surface area contributed by atoms with Crippen molar-refractivity contribution >= 4 is 28.6 Å². The highest BCUT2D eigenvalue weighted by atomic mass is 16.1. The predicted molar refractivity (Wildman–Crippen MR) is 117 cm³/mol. The molecule has 0 spiro atoms. The number of nitrogens with zero attached hydrogens (tertiary/aromatic N) is 3. The lowest BCUT2D eigenvalue weighted by molar-refractivity contribution is -0.116.